The number of nitrogens with one attached hydrogen (secondary N) is 1. The molecule has 0 radical (unpaired) electrons. The van der Waals surface area contributed by atoms with Gasteiger partial charge in [-0.2, -0.15) is 0 Å². The molecule has 0 aliphatic carbocycles. The molecule has 0 unspecified atom stereocenters. The van der Waals surface area contributed by atoms with E-state index in [2.05, 4.69) is 5.32 Å². The minimum atomic E-state index is -3.75. The monoisotopic (exact) mass is 347 g/mol. The molecule has 1 saturated heterocycles. The highest BCUT2D eigenvalue weighted by Gasteiger charge is 2.38. The first-order chi connectivity index (χ1) is 10.4. The molecule has 2 rings (SSSR count). The van der Waals surface area contributed by atoms with E-state index in [1.54, 1.807) is 0 Å². The number of carbonyl (C=O) groups is 1. The lowest BCUT2D eigenvalue weighted by molar-refractivity contribution is 0.0426. The molecule has 0 saturated carbocycles. The van der Waals surface area contributed by atoms with Crippen molar-refractivity contribution in [3.05, 3.63) is 35.9 Å². The van der Waals surface area contributed by atoms with Gasteiger partial charge in [-0.3, -0.25) is 0 Å². The topological polar surface area (TPSA) is 81.7 Å². The van der Waals surface area contributed by atoms with Gasteiger partial charge in [0.15, 0.2) is 0 Å². The molecule has 1 amide bonds. The third kappa shape index (κ3) is 5.47. The molecular weight excluding hydrogens is 330 g/mol. The Hall–Kier alpha value is -1.31. The van der Waals surface area contributed by atoms with E-state index < -0.39 is 20.7 Å². The standard InChI is InChI=1S/C14H18ClNO5S/c15-22(18,19)11-14(6-8-20-9-7-14)16-13(17)21-10-12-4-2-1-3-5-12/h1-5H,6-11H2,(H,16,17). The Kier molecular flexibility index (Phi) is 5.66. The summed E-state index contributed by atoms with van der Waals surface area (Å²) in [5.74, 6) is -0.342. The van der Waals surface area contributed by atoms with Crippen molar-refractivity contribution < 1.29 is 22.7 Å². The summed E-state index contributed by atoms with van der Waals surface area (Å²) in [5, 5.41) is 2.65. The molecule has 1 aromatic rings. The highest BCUT2D eigenvalue weighted by Crippen LogP contribution is 2.24. The van der Waals surface area contributed by atoms with Gasteiger partial charge in [0, 0.05) is 23.9 Å². The first kappa shape index (κ1) is 17.1. The molecule has 0 bridgehead atoms. The third-order valence-corrected chi connectivity index (χ3v) is 4.70. The maximum Gasteiger partial charge on any atom is 0.407 e. The van der Waals surface area contributed by atoms with Crippen LogP contribution in [0.15, 0.2) is 30.3 Å². The molecule has 0 atom stereocenters. The van der Waals surface area contributed by atoms with Crippen LogP contribution in [-0.4, -0.2) is 39.0 Å². The van der Waals surface area contributed by atoms with Gasteiger partial charge in [-0.25, -0.2) is 13.2 Å². The number of benzene rings is 1. The smallest absolute Gasteiger partial charge is 0.407 e. The number of amides is 1. The van der Waals surface area contributed by atoms with Crippen molar-refractivity contribution in [3.8, 4) is 0 Å². The molecule has 1 aromatic carbocycles. The van der Waals surface area contributed by atoms with E-state index >= 15 is 0 Å². The Balaban J connectivity index is 1.96. The van der Waals surface area contributed by atoms with Crippen molar-refractivity contribution in [3.63, 3.8) is 0 Å². The highest BCUT2D eigenvalue weighted by molar-refractivity contribution is 8.13. The van der Waals surface area contributed by atoms with Gasteiger partial charge in [-0.1, -0.05) is 30.3 Å². The van der Waals surface area contributed by atoms with Crippen LogP contribution in [0.1, 0.15) is 18.4 Å². The molecule has 8 heteroatoms. The van der Waals surface area contributed by atoms with E-state index in [1.165, 1.54) is 0 Å². The quantitative estimate of drug-likeness (QED) is 0.824. The summed E-state index contributed by atoms with van der Waals surface area (Å²) in [5.41, 5.74) is -0.0873. The molecule has 0 spiro atoms. The van der Waals surface area contributed by atoms with E-state index in [0.29, 0.717) is 26.1 Å². The van der Waals surface area contributed by atoms with Crippen LogP contribution in [-0.2, 0) is 25.1 Å². The summed E-state index contributed by atoms with van der Waals surface area (Å²) in [6.07, 6.45) is 0.0877. The van der Waals surface area contributed by atoms with Crippen LogP contribution in [0.3, 0.4) is 0 Å². The number of alkyl carbamates (subject to hydrolysis) is 1. The molecule has 0 aromatic heterocycles. The van der Waals surface area contributed by atoms with Gasteiger partial charge in [-0.15, -0.1) is 0 Å². The second-order valence-electron chi connectivity index (χ2n) is 5.26. The van der Waals surface area contributed by atoms with E-state index in [-0.39, 0.29) is 12.4 Å². The van der Waals surface area contributed by atoms with Crippen molar-refractivity contribution in [1.29, 1.82) is 0 Å². The number of carbonyl (C=O) groups excluding carboxylic acids is 1. The molecule has 22 heavy (non-hydrogen) atoms. The number of ether oxygens (including phenoxy) is 2. The Morgan fingerprint density at radius 2 is 1.91 bits per heavy atom. The van der Waals surface area contributed by atoms with Gasteiger partial charge in [0.2, 0.25) is 9.05 Å². The average Bonchev–Trinajstić information content (AvgIpc) is 2.45. The van der Waals surface area contributed by atoms with Crippen LogP contribution in [0.25, 0.3) is 0 Å². The summed E-state index contributed by atoms with van der Waals surface area (Å²) in [6.45, 7) is 0.851. The fraction of sp³-hybridized carbons (Fsp3) is 0.500. The van der Waals surface area contributed by atoms with Gasteiger partial charge < -0.3 is 14.8 Å². The maximum atomic E-state index is 12.0. The number of halogens is 1. The molecular formula is C14H18ClNO5S. The second-order valence-corrected chi connectivity index (χ2v) is 8.04. The summed E-state index contributed by atoms with van der Waals surface area (Å²) in [7, 11) is 1.60. The van der Waals surface area contributed by atoms with Gasteiger partial charge in [0.25, 0.3) is 0 Å². The van der Waals surface area contributed by atoms with Crippen LogP contribution < -0.4 is 5.32 Å². The van der Waals surface area contributed by atoms with Crippen LogP contribution in [0.4, 0.5) is 4.79 Å². The van der Waals surface area contributed by atoms with Gasteiger partial charge in [0.1, 0.15) is 6.61 Å². The van der Waals surface area contributed by atoms with Crippen LogP contribution in [0.2, 0.25) is 0 Å². The van der Waals surface area contributed by atoms with Crippen LogP contribution in [0, 0.1) is 0 Å². The van der Waals surface area contributed by atoms with Gasteiger partial charge in [0.05, 0.1) is 11.3 Å². The number of rotatable bonds is 5. The van der Waals surface area contributed by atoms with Crippen molar-refractivity contribution >= 4 is 25.8 Å². The lowest BCUT2D eigenvalue weighted by Crippen LogP contribution is -2.55. The van der Waals surface area contributed by atoms with Crippen molar-refractivity contribution in [1.82, 2.24) is 5.32 Å². The molecule has 122 valence electrons. The van der Waals surface area contributed by atoms with E-state index in [4.69, 9.17) is 20.2 Å². The van der Waals surface area contributed by atoms with Gasteiger partial charge >= 0.3 is 6.09 Å². The fourth-order valence-corrected chi connectivity index (χ4v) is 4.02. The Bertz CT molecular complexity index is 599. The summed E-state index contributed by atoms with van der Waals surface area (Å²) in [6, 6.07) is 9.22. The summed E-state index contributed by atoms with van der Waals surface area (Å²) >= 11 is 0. The van der Waals surface area contributed by atoms with Gasteiger partial charge in [-0.05, 0) is 18.4 Å². The Labute approximate surface area is 134 Å². The van der Waals surface area contributed by atoms with E-state index in [9.17, 15) is 13.2 Å². The molecule has 1 heterocycles. The zero-order valence-electron chi connectivity index (χ0n) is 12.0. The first-order valence-corrected chi connectivity index (χ1v) is 9.35. The lowest BCUT2D eigenvalue weighted by atomic mass is 9.92. The normalized spacial score (nSPS) is 17.7. The van der Waals surface area contributed by atoms with E-state index in [1.807, 2.05) is 30.3 Å². The zero-order chi connectivity index (χ0) is 16.1. The zero-order valence-corrected chi connectivity index (χ0v) is 13.5. The molecule has 1 aliphatic heterocycles. The predicted octanol–water partition coefficient (Wildman–Crippen LogP) is 2.03. The highest BCUT2D eigenvalue weighted by atomic mass is 35.7. The largest absolute Gasteiger partial charge is 0.445 e. The third-order valence-electron chi connectivity index (χ3n) is 3.48. The van der Waals surface area contributed by atoms with Crippen molar-refractivity contribution in [2.24, 2.45) is 0 Å². The fourth-order valence-electron chi connectivity index (χ4n) is 2.37. The predicted molar refractivity (Wildman–Crippen MR) is 82.2 cm³/mol. The number of hydrogen-bond acceptors (Lipinski definition) is 5. The second kappa shape index (κ2) is 7.30. The molecule has 6 nitrogen and oxygen atoms in total. The van der Waals surface area contributed by atoms with E-state index in [0.717, 1.165) is 5.56 Å². The minimum Gasteiger partial charge on any atom is -0.445 e. The number of hydrogen-bond donors (Lipinski definition) is 1. The molecule has 1 fully saturated rings. The minimum absolute atomic E-state index is 0.118. The van der Waals surface area contributed by atoms with Crippen LogP contribution >= 0.6 is 10.7 Å². The SMILES string of the molecule is O=C(NC1(CS(=O)(=O)Cl)CCOCC1)OCc1ccccc1. The summed E-state index contributed by atoms with van der Waals surface area (Å²) in [4.78, 5) is 12.0. The Morgan fingerprint density at radius 3 is 2.50 bits per heavy atom. The maximum absolute atomic E-state index is 12.0. The first-order valence-electron chi connectivity index (χ1n) is 6.88. The molecule has 1 aliphatic rings. The van der Waals surface area contributed by atoms with Crippen molar-refractivity contribution in [2.75, 3.05) is 19.0 Å². The lowest BCUT2D eigenvalue weighted by Gasteiger charge is -2.36. The summed E-state index contributed by atoms with van der Waals surface area (Å²) < 4.78 is 33.2. The molecule has 1 N–H and O–H groups in total. The van der Waals surface area contributed by atoms with Crippen LogP contribution in [0.5, 0.6) is 0 Å². The Morgan fingerprint density at radius 1 is 1.27 bits per heavy atom. The average molecular weight is 348 g/mol. The van der Waals surface area contributed by atoms with Crippen molar-refractivity contribution in [2.45, 2.75) is 25.0 Å².